The minimum Gasteiger partial charge on any atom is -0.495 e. The summed E-state index contributed by atoms with van der Waals surface area (Å²) < 4.78 is 13.1. The second-order valence-corrected chi connectivity index (χ2v) is 7.95. The van der Waals surface area contributed by atoms with Crippen LogP contribution in [0.15, 0.2) is 29.2 Å². The third-order valence-corrected chi connectivity index (χ3v) is 5.90. The molecule has 1 atom stereocenters. The molecule has 0 spiro atoms. The van der Waals surface area contributed by atoms with Gasteiger partial charge in [-0.25, -0.2) is 4.79 Å². The molecule has 0 aliphatic carbocycles. The summed E-state index contributed by atoms with van der Waals surface area (Å²) in [4.78, 5) is 26.2. The van der Waals surface area contributed by atoms with Gasteiger partial charge in [-0.2, -0.15) is 0 Å². The van der Waals surface area contributed by atoms with Crippen LogP contribution in [0.3, 0.4) is 0 Å². The van der Waals surface area contributed by atoms with Crippen LogP contribution in [0, 0.1) is 5.92 Å². The van der Waals surface area contributed by atoms with Crippen molar-refractivity contribution in [3.8, 4) is 17.0 Å². The Balaban J connectivity index is 1.90. The second kappa shape index (κ2) is 7.55. The van der Waals surface area contributed by atoms with E-state index in [4.69, 9.17) is 9.47 Å². The van der Waals surface area contributed by atoms with Crippen LogP contribution in [0.4, 0.5) is 5.69 Å². The molecule has 2 aliphatic rings. The van der Waals surface area contributed by atoms with Crippen molar-refractivity contribution in [2.45, 2.75) is 26.3 Å². The SMILES string of the molecule is COc1cc2c(cc1N1CCOCC1)CC(C(C)C)n1cc(C(=O)O)c(=O)cc1-2. The molecule has 2 aromatic rings. The largest absolute Gasteiger partial charge is 0.495 e. The Hall–Kier alpha value is -2.80. The van der Waals surface area contributed by atoms with E-state index in [1.165, 1.54) is 12.3 Å². The maximum absolute atomic E-state index is 12.4. The standard InChI is InChI=1S/C22H26N2O5/c1-13(2)17-8-14-9-19(23-4-6-29-7-5-23)21(28-3)10-15(14)18-11-20(25)16(22(26)27)12-24(17)18/h9-13,17H,4-8H2,1-3H3,(H,26,27). The maximum atomic E-state index is 12.4. The van der Waals surface area contributed by atoms with Crippen LogP contribution in [-0.2, 0) is 11.2 Å². The highest BCUT2D eigenvalue weighted by Crippen LogP contribution is 2.43. The van der Waals surface area contributed by atoms with Crippen molar-refractivity contribution in [3.05, 3.63) is 45.7 Å². The average molecular weight is 398 g/mol. The number of anilines is 1. The van der Waals surface area contributed by atoms with Gasteiger partial charge in [-0.15, -0.1) is 0 Å². The Morgan fingerprint density at radius 3 is 2.59 bits per heavy atom. The topological polar surface area (TPSA) is 81.0 Å². The summed E-state index contributed by atoms with van der Waals surface area (Å²) in [6.07, 6.45) is 2.26. The van der Waals surface area contributed by atoms with Crippen molar-refractivity contribution in [2.24, 2.45) is 5.92 Å². The number of nitrogens with zero attached hydrogens (tertiary/aromatic N) is 2. The van der Waals surface area contributed by atoms with Crippen molar-refractivity contribution in [3.63, 3.8) is 0 Å². The first-order valence-electron chi connectivity index (χ1n) is 9.94. The number of benzene rings is 1. The molecular weight excluding hydrogens is 372 g/mol. The molecule has 7 heteroatoms. The highest BCUT2D eigenvalue weighted by atomic mass is 16.5. The molecule has 0 bridgehead atoms. The molecule has 0 amide bonds. The van der Waals surface area contributed by atoms with Gasteiger partial charge in [-0.3, -0.25) is 4.79 Å². The number of aromatic carboxylic acids is 1. The van der Waals surface area contributed by atoms with Gasteiger partial charge in [0.2, 0.25) is 0 Å². The molecule has 1 unspecified atom stereocenters. The Labute approximate surface area is 169 Å². The molecule has 3 heterocycles. The van der Waals surface area contributed by atoms with Gasteiger partial charge >= 0.3 is 5.97 Å². The second-order valence-electron chi connectivity index (χ2n) is 7.95. The van der Waals surface area contributed by atoms with Crippen molar-refractivity contribution in [2.75, 3.05) is 38.3 Å². The summed E-state index contributed by atoms with van der Waals surface area (Å²) in [5.41, 5.74) is 3.18. The normalized spacial score (nSPS) is 18.3. The summed E-state index contributed by atoms with van der Waals surface area (Å²) >= 11 is 0. The number of hydrogen-bond acceptors (Lipinski definition) is 5. The van der Waals surface area contributed by atoms with Gasteiger partial charge in [-0.05, 0) is 30.0 Å². The van der Waals surface area contributed by atoms with Gasteiger partial charge < -0.3 is 24.0 Å². The zero-order valence-electron chi connectivity index (χ0n) is 17.0. The summed E-state index contributed by atoms with van der Waals surface area (Å²) in [7, 11) is 1.64. The number of carbonyl (C=O) groups is 1. The van der Waals surface area contributed by atoms with E-state index in [2.05, 4.69) is 24.8 Å². The Morgan fingerprint density at radius 2 is 1.97 bits per heavy atom. The molecule has 1 aromatic carbocycles. The van der Waals surface area contributed by atoms with E-state index < -0.39 is 11.4 Å². The molecule has 1 fully saturated rings. The van der Waals surface area contributed by atoms with Gasteiger partial charge in [0, 0.05) is 37.0 Å². The summed E-state index contributed by atoms with van der Waals surface area (Å²) in [5.74, 6) is -0.172. The van der Waals surface area contributed by atoms with E-state index in [-0.39, 0.29) is 17.5 Å². The van der Waals surface area contributed by atoms with Crippen LogP contribution >= 0.6 is 0 Å². The molecule has 29 heavy (non-hydrogen) atoms. The van der Waals surface area contributed by atoms with Crippen molar-refractivity contribution < 1.29 is 19.4 Å². The number of fused-ring (bicyclic) bond motifs is 3. The Kier molecular flexibility index (Phi) is 5.08. The van der Waals surface area contributed by atoms with Crippen LogP contribution in [0.2, 0.25) is 0 Å². The fraction of sp³-hybridized carbons (Fsp3) is 0.455. The Bertz CT molecular complexity index is 1000. The number of morpholine rings is 1. The van der Waals surface area contributed by atoms with Crippen LogP contribution in [0.25, 0.3) is 11.3 Å². The molecule has 1 aromatic heterocycles. The highest BCUT2D eigenvalue weighted by molar-refractivity contribution is 5.88. The number of hydrogen-bond donors (Lipinski definition) is 1. The van der Waals surface area contributed by atoms with Gasteiger partial charge in [0.25, 0.3) is 0 Å². The van der Waals surface area contributed by atoms with Gasteiger partial charge in [-0.1, -0.05) is 13.8 Å². The lowest BCUT2D eigenvalue weighted by atomic mass is 9.86. The summed E-state index contributed by atoms with van der Waals surface area (Å²) in [5, 5.41) is 9.40. The number of methoxy groups -OCH3 is 1. The predicted molar refractivity (Wildman–Crippen MR) is 110 cm³/mol. The zero-order chi connectivity index (χ0) is 20.7. The first-order chi connectivity index (χ1) is 13.9. The number of aromatic nitrogens is 1. The fourth-order valence-electron chi connectivity index (χ4n) is 4.31. The third kappa shape index (κ3) is 3.40. The highest BCUT2D eigenvalue weighted by Gasteiger charge is 2.30. The van der Waals surface area contributed by atoms with Gasteiger partial charge in [0.05, 0.1) is 31.7 Å². The number of rotatable bonds is 4. The monoisotopic (exact) mass is 398 g/mol. The fourth-order valence-corrected chi connectivity index (χ4v) is 4.31. The van der Waals surface area contributed by atoms with Crippen LogP contribution in [0.5, 0.6) is 5.75 Å². The minimum atomic E-state index is -1.20. The van der Waals surface area contributed by atoms with E-state index in [0.29, 0.717) is 13.2 Å². The molecule has 154 valence electrons. The lowest BCUT2D eigenvalue weighted by Gasteiger charge is -2.35. The van der Waals surface area contributed by atoms with E-state index in [1.54, 1.807) is 7.11 Å². The molecule has 2 aliphatic heterocycles. The van der Waals surface area contributed by atoms with E-state index >= 15 is 0 Å². The van der Waals surface area contributed by atoms with E-state index in [1.807, 2.05) is 10.6 Å². The maximum Gasteiger partial charge on any atom is 0.341 e. The number of pyridine rings is 1. The third-order valence-electron chi connectivity index (χ3n) is 5.90. The first-order valence-corrected chi connectivity index (χ1v) is 9.94. The van der Waals surface area contributed by atoms with Crippen molar-refractivity contribution in [1.29, 1.82) is 0 Å². The molecular formula is C22H26N2O5. The quantitative estimate of drug-likeness (QED) is 0.853. The minimum absolute atomic E-state index is 0.0714. The first kappa shape index (κ1) is 19.5. The lowest BCUT2D eigenvalue weighted by Crippen LogP contribution is -2.36. The molecule has 0 saturated carbocycles. The zero-order valence-corrected chi connectivity index (χ0v) is 17.0. The number of ether oxygens (including phenoxy) is 2. The molecule has 1 N–H and O–H groups in total. The average Bonchev–Trinajstić information content (AvgIpc) is 2.72. The van der Waals surface area contributed by atoms with Crippen molar-refractivity contribution >= 4 is 11.7 Å². The molecule has 4 rings (SSSR count). The Morgan fingerprint density at radius 1 is 1.24 bits per heavy atom. The predicted octanol–water partition coefficient (Wildman–Crippen LogP) is 2.81. The van der Waals surface area contributed by atoms with E-state index in [9.17, 15) is 14.7 Å². The van der Waals surface area contributed by atoms with Crippen LogP contribution in [0.1, 0.15) is 35.8 Å². The van der Waals surface area contributed by atoms with Crippen LogP contribution in [-0.4, -0.2) is 49.1 Å². The molecule has 1 saturated heterocycles. The number of carboxylic acids is 1. The summed E-state index contributed by atoms with van der Waals surface area (Å²) in [6.45, 7) is 7.21. The molecule has 7 nitrogen and oxygen atoms in total. The number of carboxylic acid groups (broad SMARTS) is 1. The smallest absolute Gasteiger partial charge is 0.341 e. The van der Waals surface area contributed by atoms with Crippen LogP contribution < -0.4 is 15.1 Å². The van der Waals surface area contributed by atoms with Gasteiger partial charge in [0.1, 0.15) is 11.3 Å². The lowest BCUT2D eigenvalue weighted by molar-refractivity contribution is 0.0694. The summed E-state index contributed by atoms with van der Waals surface area (Å²) in [6, 6.07) is 5.66. The molecule has 0 radical (unpaired) electrons. The van der Waals surface area contributed by atoms with E-state index in [0.717, 1.165) is 47.8 Å². The van der Waals surface area contributed by atoms with Crippen molar-refractivity contribution in [1.82, 2.24) is 4.57 Å². The van der Waals surface area contributed by atoms with Gasteiger partial charge in [0.15, 0.2) is 5.43 Å².